The fourth-order valence-corrected chi connectivity index (χ4v) is 3.02. The average Bonchev–Trinajstić information content (AvgIpc) is 3.00. The summed E-state index contributed by atoms with van der Waals surface area (Å²) in [5.41, 5.74) is 5.14. The van der Waals surface area contributed by atoms with Gasteiger partial charge in [0, 0.05) is 5.69 Å². The van der Waals surface area contributed by atoms with Crippen molar-refractivity contribution in [2.45, 2.75) is 6.92 Å². The van der Waals surface area contributed by atoms with Gasteiger partial charge in [-0.2, -0.15) is 0 Å². The van der Waals surface area contributed by atoms with E-state index in [9.17, 15) is 4.79 Å². The molecule has 4 rings (SSSR count). The number of allylic oxidation sites excluding steroid dienone is 1. The van der Waals surface area contributed by atoms with Crippen molar-refractivity contribution in [3.63, 3.8) is 0 Å². The van der Waals surface area contributed by atoms with Crippen LogP contribution in [0.3, 0.4) is 0 Å². The minimum Gasteiger partial charge on any atom is -0.421 e. The highest BCUT2D eigenvalue weighted by Gasteiger charge is 2.31. The van der Waals surface area contributed by atoms with Gasteiger partial charge in [0.2, 0.25) is 0 Å². The van der Waals surface area contributed by atoms with Gasteiger partial charge in [0.1, 0.15) is 11.5 Å². The van der Waals surface area contributed by atoms with Crippen LogP contribution in [0.2, 0.25) is 0 Å². The molecule has 1 heterocycles. The molecule has 0 bridgehead atoms. The van der Waals surface area contributed by atoms with E-state index in [2.05, 4.69) is 5.32 Å². The highest BCUT2D eigenvalue weighted by molar-refractivity contribution is 6.10. The van der Waals surface area contributed by atoms with Gasteiger partial charge in [-0.3, -0.25) is 0 Å². The lowest BCUT2D eigenvalue weighted by molar-refractivity contribution is -0.132. The van der Waals surface area contributed by atoms with Crippen molar-refractivity contribution in [1.82, 2.24) is 0 Å². The Morgan fingerprint density at radius 2 is 1.44 bits per heavy atom. The molecule has 3 aromatic carbocycles. The zero-order chi connectivity index (χ0) is 18.6. The number of hydrogen-bond acceptors (Lipinski definition) is 3. The van der Waals surface area contributed by atoms with E-state index >= 15 is 0 Å². The summed E-state index contributed by atoms with van der Waals surface area (Å²) < 4.78 is 5.63. The predicted molar refractivity (Wildman–Crippen MR) is 109 cm³/mol. The summed E-state index contributed by atoms with van der Waals surface area (Å²) in [6, 6.07) is 27.6. The molecule has 0 radical (unpaired) electrons. The number of carbonyl (C=O) groups excluding carboxylic acids is 1. The molecular weight excluding hydrogens is 334 g/mol. The zero-order valence-corrected chi connectivity index (χ0v) is 15.0. The smallest absolute Gasteiger partial charge is 0.360 e. The molecule has 0 amide bonds. The maximum Gasteiger partial charge on any atom is 0.360 e. The van der Waals surface area contributed by atoms with Gasteiger partial charge < -0.3 is 10.1 Å². The standard InChI is InChI=1S/C24H19NO2/c1-17-12-14-20(15-13-17)25-23-22(19-10-6-3-7-11-19)21(27-24(23)26)16-18-8-4-2-5-9-18/h2-16,25H,1H3/b21-16-. The SMILES string of the molecule is Cc1ccc(NC2=C(c3ccccc3)/C(=C/c3ccccc3)OC2=O)cc1. The second-order valence-corrected chi connectivity index (χ2v) is 6.42. The third kappa shape index (κ3) is 3.67. The first-order valence-electron chi connectivity index (χ1n) is 8.83. The first-order chi connectivity index (χ1) is 13.2. The van der Waals surface area contributed by atoms with Crippen LogP contribution in [-0.4, -0.2) is 5.97 Å². The summed E-state index contributed by atoms with van der Waals surface area (Å²) >= 11 is 0. The Bertz CT molecular complexity index is 1020. The zero-order valence-electron chi connectivity index (χ0n) is 15.0. The average molecular weight is 353 g/mol. The number of hydrogen-bond donors (Lipinski definition) is 1. The summed E-state index contributed by atoms with van der Waals surface area (Å²) in [6.07, 6.45) is 1.89. The first-order valence-corrected chi connectivity index (χ1v) is 8.83. The number of anilines is 1. The monoisotopic (exact) mass is 353 g/mol. The number of aryl methyl sites for hydroxylation is 1. The lowest BCUT2D eigenvalue weighted by Gasteiger charge is -2.08. The van der Waals surface area contributed by atoms with E-state index in [-0.39, 0.29) is 5.97 Å². The molecule has 132 valence electrons. The Labute approximate surface area is 158 Å². The van der Waals surface area contributed by atoms with Crippen LogP contribution >= 0.6 is 0 Å². The number of esters is 1. The van der Waals surface area contributed by atoms with E-state index in [1.54, 1.807) is 0 Å². The van der Waals surface area contributed by atoms with Gasteiger partial charge in [0.25, 0.3) is 0 Å². The molecule has 0 saturated heterocycles. The van der Waals surface area contributed by atoms with Crippen LogP contribution in [-0.2, 0) is 9.53 Å². The number of nitrogens with one attached hydrogen (secondary N) is 1. The van der Waals surface area contributed by atoms with Gasteiger partial charge in [-0.1, -0.05) is 78.4 Å². The third-order valence-corrected chi connectivity index (χ3v) is 4.38. The summed E-state index contributed by atoms with van der Waals surface area (Å²) in [4.78, 5) is 12.6. The fourth-order valence-electron chi connectivity index (χ4n) is 3.02. The second-order valence-electron chi connectivity index (χ2n) is 6.42. The second kappa shape index (κ2) is 7.34. The number of cyclic esters (lactones) is 1. The lowest BCUT2D eigenvalue weighted by Crippen LogP contribution is -2.08. The van der Waals surface area contributed by atoms with Crippen LogP contribution in [0.1, 0.15) is 16.7 Å². The highest BCUT2D eigenvalue weighted by atomic mass is 16.5. The van der Waals surface area contributed by atoms with E-state index in [4.69, 9.17) is 4.74 Å². The van der Waals surface area contributed by atoms with Crippen molar-refractivity contribution in [2.24, 2.45) is 0 Å². The molecule has 3 heteroatoms. The highest BCUT2D eigenvalue weighted by Crippen LogP contribution is 2.36. The van der Waals surface area contributed by atoms with Crippen LogP contribution in [0.5, 0.6) is 0 Å². The largest absolute Gasteiger partial charge is 0.421 e. The number of rotatable bonds is 4. The number of ether oxygens (including phenoxy) is 1. The Balaban J connectivity index is 1.81. The maximum absolute atomic E-state index is 12.6. The molecule has 1 N–H and O–H groups in total. The molecule has 1 aliphatic rings. The van der Waals surface area contributed by atoms with Gasteiger partial charge >= 0.3 is 5.97 Å². The van der Waals surface area contributed by atoms with E-state index in [1.165, 1.54) is 0 Å². The molecule has 0 saturated carbocycles. The van der Waals surface area contributed by atoms with Crippen molar-refractivity contribution >= 4 is 23.3 Å². The molecule has 1 aliphatic heterocycles. The van der Waals surface area contributed by atoms with E-state index < -0.39 is 0 Å². The Hall–Kier alpha value is -3.59. The van der Waals surface area contributed by atoms with Crippen molar-refractivity contribution < 1.29 is 9.53 Å². The Kier molecular flexibility index (Phi) is 4.58. The quantitative estimate of drug-likeness (QED) is 0.637. The first kappa shape index (κ1) is 16.9. The Morgan fingerprint density at radius 3 is 2.11 bits per heavy atom. The molecular formula is C24H19NO2. The maximum atomic E-state index is 12.6. The summed E-state index contributed by atoms with van der Waals surface area (Å²) in [5.74, 6) is 0.170. The lowest BCUT2D eigenvalue weighted by atomic mass is 10.0. The van der Waals surface area contributed by atoms with Crippen LogP contribution in [0.4, 0.5) is 5.69 Å². The summed E-state index contributed by atoms with van der Waals surface area (Å²) in [5, 5.41) is 3.25. The number of carbonyl (C=O) groups is 1. The third-order valence-electron chi connectivity index (χ3n) is 4.38. The minimum absolute atomic E-state index is 0.378. The summed E-state index contributed by atoms with van der Waals surface area (Å²) in [6.45, 7) is 2.03. The van der Waals surface area contributed by atoms with E-state index in [0.29, 0.717) is 11.5 Å². The number of benzene rings is 3. The fraction of sp³-hybridized carbons (Fsp3) is 0.0417. The molecule has 3 nitrogen and oxygen atoms in total. The molecule has 3 aromatic rings. The van der Waals surface area contributed by atoms with Crippen LogP contribution < -0.4 is 5.32 Å². The van der Waals surface area contributed by atoms with Crippen molar-refractivity contribution in [3.05, 3.63) is 113 Å². The van der Waals surface area contributed by atoms with Crippen molar-refractivity contribution in [2.75, 3.05) is 5.32 Å². The molecule has 0 fully saturated rings. The normalized spacial score (nSPS) is 15.1. The van der Waals surface area contributed by atoms with Crippen LogP contribution in [0, 0.1) is 6.92 Å². The molecule has 27 heavy (non-hydrogen) atoms. The van der Waals surface area contributed by atoms with Gasteiger partial charge in [-0.15, -0.1) is 0 Å². The molecule has 0 atom stereocenters. The predicted octanol–water partition coefficient (Wildman–Crippen LogP) is 5.42. The van der Waals surface area contributed by atoms with Crippen LogP contribution in [0.15, 0.2) is 96.4 Å². The van der Waals surface area contributed by atoms with Crippen molar-refractivity contribution in [1.29, 1.82) is 0 Å². The minimum atomic E-state index is -0.378. The van der Waals surface area contributed by atoms with Gasteiger partial charge in [-0.25, -0.2) is 4.79 Å². The topological polar surface area (TPSA) is 38.3 Å². The van der Waals surface area contributed by atoms with Crippen LogP contribution in [0.25, 0.3) is 11.6 Å². The van der Waals surface area contributed by atoms with E-state index in [0.717, 1.165) is 28.0 Å². The molecule has 0 unspecified atom stereocenters. The van der Waals surface area contributed by atoms with Gasteiger partial charge in [-0.05, 0) is 36.3 Å². The molecule has 0 aliphatic carbocycles. The van der Waals surface area contributed by atoms with E-state index in [1.807, 2.05) is 97.9 Å². The van der Waals surface area contributed by atoms with Crippen molar-refractivity contribution in [3.8, 4) is 0 Å². The molecule has 0 aromatic heterocycles. The van der Waals surface area contributed by atoms with Gasteiger partial charge in [0.05, 0.1) is 5.57 Å². The molecule has 0 spiro atoms. The Morgan fingerprint density at radius 1 is 0.815 bits per heavy atom. The van der Waals surface area contributed by atoms with Gasteiger partial charge in [0.15, 0.2) is 0 Å². The summed E-state index contributed by atoms with van der Waals surface area (Å²) in [7, 11) is 0.